The fraction of sp³-hybridized carbons (Fsp3) is 0.276. The number of nitrogens with zero attached hydrogens (tertiary/aromatic N) is 1. The van der Waals surface area contributed by atoms with Crippen LogP contribution in [0.25, 0.3) is 10.1 Å². The van der Waals surface area contributed by atoms with Crippen molar-refractivity contribution in [3.05, 3.63) is 88.8 Å². The average Bonchev–Trinajstić information content (AvgIpc) is 3.55. The van der Waals surface area contributed by atoms with Crippen LogP contribution >= 0.6 is 11.3 Å². The first-order chi connectivity index (χ1) is 17.2. The number of halogens is 1. The van der Waals surface area contributed by atoms with E-state index in [1.807, 2.05) is 79.7 Å². The Morgan fingerprint density at radius 3 is 2.31 bits per heavy atom. The summed E-state index contributed by atoms with van der Waals surface area (Å²) in [6, 6.07) is 23.3. The normalized spacial score (nSPS) is 13.3. The molecule has 3 aromatic carbocycles. The van der Waals surface area contributed by atoms with E-state index in [1.165, 1.54) is 37.3 Å². The molecule has 1 aromatic heterocycles. The highest BCUT2D eigenvalue weighted by molar-refractivity contribution is 7.21. The van der Waals surface area contributed by atoms with Gasteiger partial charge in [-0.3, -0.25) is 14.1 Å². The molecule has 0 unspecified atom stereocenters. The van der Waals surface area contributed by atoms with Gasteiger partial charge >= 0.3 is 0 Å². The molecule has 0 N–H and O–H groups in total. The van der Waals surface area contributed by atoms with Crippen molar-refractivity contribution in [1.29, 1.82) is 0 Å². The van der Waals surface area contributed by atoms with E-state index in [0.29, 0.717) is 35.7 Å². The van der Waals surface area contributed by atoms with E-state index in [0.717, 1.165) is 27.9 Å². The Bertz CT molecular complexity index is 1260. The van der Waals surface area contributed by atoms with Crippen molar-refractivity contribution in [2.75, 3.05) is 33.4 Å². The number of likely N-dealkylation sites (tertiary alicyclic amines) is 1. The van der Waals surface area contributed by atoms with Crippen LogP contribution in [-0.2, 0) is 0 Å². The third-order valence-electron chi connectivity index (χ3n) is 6.06. The molecular weight excluding hydrogens is 461 g/mol. The summed E-state index contributed by atoms with van der Waals surface area (Å²) in [4.78, 5) is 16.5. The molecule has 6 heteroatoms. The maximum absolute atomic E-state index is 13.4. The molecule has 1 aliphatic heterocycles. The zero-order chi connectivity index (χ0) is 24.6. The molecule has 1 aliphatic rings. The lowest BCUT2D eigenvalue weighted by atomic mass is 10.0. The number of hydrogen-bond acceptors (Lipinski definition) is 5. The van der Waals surface area contributed by atoms with Crippen molar-refractivity contribution < 1.29 is 18.7 Å². The highest BCUT2D eigenvalue weighted by Gasteiger charge is 2.22. The molecule has 0 saturated carbocycles. The summed E-state index contributed by atoms with van der Waals surface area (Å²) in [5.41, 5.74) is 1.66. The molecule has 35 heavy (non-hydrogen) atoms. The van der Waals surface area contributed by atoms with Crippen LogP contribution in [0.5, 0.6) is 17.2 Å². The number of hydrogen-bond donors (Lipinski definition) is 0. The third-order valence-corrected chi connectivity index (χ3v) is 7.22. The third kappa shape index (κ3) is 5.89. The predicted molar refractivity (Wildman–Crippen MR) is 141 cm³/mol. The molecule has 4 aromatic rings. The minimum atomic E-state index is -0.00818. The van der Waals surface area contributed by atoms with Gasteiger partial charge in [-0.1, -0.05) is 36.4 Å². The molecule has 0 bridgehead atoms. The van der Waals surface area contributed by atoms with E-state index >= 15 is 0 Å². The summed E-state index contributed by atoms with van der Waals surface area (Å²) in [6.45, 7) is 5.96. The Hall–Kier alpha value is -3.22. The second kappa shape index (κ2) is 12.0. The van der Waals surface area contributed by atoms with Gasteiger partial charge in [-0.25, -0.2) is 0 Å². The molecule has 0 spiro atoms. The number of carbonyl (C=O) groups is 1. The van der Waals surface area contributed by atoms with E-state index < -0.39 is 0 Å². The number of fused-ring (bicyclic) bond motifs is 1. The maximum Gasteiger partial charge on any atom is 0.207 e. The van der Waals surface area contributed by atoms with Crippen LogP contribution in [0.4, 0.5) is 4.39 Å². The summed E-state index contributed by atoms with van der Waals surface area (Å²) in [7, 11) is 0.500. The number of ether oxygens (including phenoxy) is 2. The Labute approximate surface area is 209 Å². The topological polar surface area (TPSA) is 38.8 Å². The summed E-state index contributed by atoms with van der Waals surface area (Å²) >= 11 is 1.48. The van der Waals surface area contributed by atoms with E-state index in [9.17, 15) is 9.18 Å². The second-order valence-corrected chi connectivity index (χ2v) is 9.42. The molecule has 0 aliphatic carbocycles. The molecule has 2 heterocycles. The first-order valence-corrected chi connectivity index (χ1v) is 12.6. The van der Waals surface area contributed by atoms with Crippen molar-refractivity contribution in [1.82, 2.24) is 4.90 Å². The van der Waals surface area contributed by atoms with E-state index in [2.05, 4.69) is 4.90 Å². The highest BCUT2D eigenvalue weighted by atomic mass is 32.1. The second-order valence-electron chi connectivity index (χ2n) is 8.37. The number of thiophene rings is 1. The molecule has 182 valence electrons. The lowest BCUT2D eigenvalue weighted by Gasteiger charge is -2.15. The van der Waals surface area contributed by atoms with Crippen molar-refractivity contribution >= 4 is 27.2 Å². The van der Waals surface area contributed by atoms with Gasteiger partial charge in [0.05, 0.1) is 7.18 Å². The summed E-state index contributed by atoms with van der Waals surface area (Å²) in [5, 5.41) is 0.949. The van der Waals surface area contributed by atoms with E-state index in [4.69, 9.17) is 9.47 Å². The number of aryl methyl sites for hydroxylation is 1. The number of alkyl halides is 1. The maximum atomic E-state index is 13.4. The molecule has 5 rings (SSSR count). The SMILES string of the molecule is CF.Cc1ccccc1C(=O)c1sc2ccccc2c1Oc1ccc(OCCN2CCCC2)cc1. The van der Waals surface area contributed by atoms with Gasteiger partial charge in [0, 0.05) is 22.2 Å². The van der Waals surface area contributed by atoms with Gasteiger partial charge < -0.3 is 9.47 Å². The fourth-order valence-corrected chi connectivity index (χ4v) is 5.33. The van der Waals surface area contributed by atoms with Crippen LogP contribution in [0.15, 0.2) is 72.8 Å². The summed E-state index contributed by atoms with van der Waals surface area (Å²) < 4.78 is 22.8. The van der Waals surface area contributed by atoms with E-state index in [1.54, 1.807) is 0 Å². The van der Waals surface area contributed by atoms with Crippen molar-refractivity contribution in [2.24, 2.45) is 0 Å². The zero-order valence-electron chi connectivity index (χ0n) is 20.1. The summed E-state index contributed by atoms with van der Waals surface area (Å²) in [6.07, 6.45) is 2.58. The Balaban J connectivity index is 0.00000141. The van der Waals surface area contributed by atoms with Gasteiger partial charge in [-0.05, 0) is 74.8 Å². The number of benzene rings is 3. The van der Waals surface area contributed by atoms with Crippen molar-refractivity contribution in [3.8, 4) is 17.2 Å². The highest BCUT2D eigenvalue weighted by Crippen LogP contribution is 2.41. The van der Waals surface area contributed by atoms with Gasteiger partial charge in [0.25, 0.3) is 0 Å². The number of ketones is 1. The van der Waals surface area contributed by atoms with Gasteiger partial charge in [-0.15, -0.1) is 11.3 Å². The van der Waals surface area contributed by atoms with Gasteiger partial charge in [0.1, 0.15) is 23.0 Å². The zero-order valence-corrected chi connectivity index (χ0v) is 20.9. The predicted octanol–water partition coefficient (Wildman–Crippen LogP) is 7.29. The monoisotopic (exact) mass is 491 g/mol. The minimum absolute atomic E-state index is 0.00818. The van der Waals surface area contributed by atoms with Gasteiger partial charge in [-0.2, -0.15) is 0 Å². The first-order valence-electron chi connectivity index (χ1n) is 11.8. The van der Waals surface area contributed by atoms with Crippen LogP contribution in [0, 0.1) is 6.92 Å². The Kier molecular flexibility index (Phi) is 8.50. The van der Waals surface area contributed by atoms with Crippen LogP contribution in [-0.4, -0.2) is 44.1 Å². The molecule has 0 amide bonds. The standard InChI is InChI=1S/C28H27NO3S.CH3F/c1-20-8-2-3-9-23(20)26(30)28-27(24-10-4-5-11-25(24)33-28)32-22-14-12-21(13-15-22)31-19-18-29-16-6-7-17-29;1-2/h2-5,8-15H,6-7,16-19H2,1H3;1H3. The lowest BCUT2D eigenvalue weighted by molar-refractivity contribution is 0.104. The van der Waals surface area contributed by atoms with Crippen molar-refractivity contribution in [3.63, 3.8) is 0 Å². The molecule has 0 atom stereocenters. The van der Waals surface area contributed by atoms with Crippen LogP contribution in [0.1, 0.15) is 33.6 Å². The average molecular weight is 492 g/mol. The van der Waals surface area contributed by atoms with Crippen molar-refractivity contribution in [2.45, 2.75) is 19.8 Å². The first kappa shape index (κ1) is 24.9. The summed E-state index contributed by atoms with van der Waals surface area (Å²) in [5.74, 6) is 2.12. The number of carbonyl (C=O) groups excluding carboxylic acids is 1. The molecule has 4 nitrogen and oxygen atoms in total. The smallest absolute Gasteiger partial charge is 0.207 e. The van der Waals surface area contributed by atoms with Crippen LogP contribution in [0.2, 0.25) is 0 Å². The fourth-order valence-electron chi connectivity index (χ4n) is 4.24. The molecular formula is C29H30FNO3S. The number of rotatable bonds is 8. The van der Waals surface area contributed by atoms with E-state index in [-0.39, 0.29) is 5.78 Å². The molecule has 1 saturated heterocycles. The van der Waals surface area contributed by atoms with Gasteiger partial charge in [0.15, 0.2) is 5.75 Å². The molecule has 1 fully saturated rings. The molecule has 0 radical (unpaired) electrons. The minimum Gasteiger partial charge on any atom is -0.492 e. The van der Waals surface area contributed by atoms with Crippen LogP contribution in [0.3, 0.4) is 0 Å². The van der Waals surface area contributed by atoms with Crippen LogP contribution < -0.4 is 9.47 Å². The van der Waals surface area contributed by atoms with Gasteiger partial charge in [0.2, 0.25) is 5.78 Å². The lowest BCUT2D eigenvalue weighted by Crippen LogP contribution is -2.25. The quantitative estimate of drug-likeness (QED) is 0.243. The Morgan fingerprint density at radius 2 is 1.57 bits per heavy atom. The Morgan fingerprint density at radius 1 is 0.914 bits per heavy atom. The largest absolute Gasteiger partial charge is 0.492 e.